The first-order valence-corrected chi connectivity index (χ1v) is 6.92. The lowest BCUT2D eigenvalue weighted by molar-refractivity contribution is 1.47. The number of aliphatic imine (C=N–C) groups is 2. The second kappa shape index (κ2) is 6.69. The molecule has 2 rings (SSSR count). The Morgan fingerprint density at radius 2 is 1.15 bits per heavy atom. The molecule has 0 N–H and O–H groups in total. The standard InChI is InChI=1S/C16H14Cl2N2/c1-11(19-15-7-3-5-13(17)9-15)12(2)20-16-8-4-6-14(18)10-16/h3-10H,1-2H3. The summed E-state index contributed by atoms with van der Waals surface area (Å²) in [6.07, 6.45) is 0. The first-order chi connectivity index (χ1) is 9.54. The molecule has 0 spiro atoms. The largest absolute Gasteiger partial charge is 0.252 e. The van der Waals surface area contributed by atoms with Gasteiger partial charge in [0.1, 0.15) is 0 Å². The molecule has 0 saturated carbocycles. The van der Waals surface area contributed by atoms with E-state index in [1.807, 2.05) is 62.4 Å². The zero-order chi connectivity index (χ0) is 14.5. The third kappa shape index (κ3) is 4.19. The maximum atomic E-state index is 5.94. The van der Waals surface area contributed by atoms with Gasteiger partial charge in [-0.2, -0.15) is 0 Å². The smallest absolute Gasteiger partial charge is 0.0648 e. The molecule has 0 bridgehead atoms. The quantitative estimate of drug-likeness (QED) is 0.633. The van der Waals surface area contributed by atoms with Crippen LogP contribution in [-0.2, 0) is 0 Å². The van der Waals surface area contributed by atoms with Crippen molar-refractivity contribution in [3.8, 4) is 0 Å². The average Bonchev–Trinajstić information content (AvgIpc) is 2.38. The molecule has 2 aromatic rings. The lowest BCUT2D eigenvalue weighted by atomic mass is 10.2. The zero-order valence-corrected chi connectivity index (χ0v) is 12.8. The van der Waals surface area contributed by atoms with Gasteiger partial charge in [0.15, 0.2) is 0 Å². The maximum absolute atomic E-state index is 5.94. The average molecular weight is 305 g/mol. The Morgan fingerprint density at radius 1 is 0.750 bits per heavy atom. The summed E-state index contributed by atoms with van der Waals surface area (Å²) in [7, 11) is 0. The Bertz CT molecular complexity index is 616. The fraction of sp³-hybridized carbons (Fsp3) is 0.125. The molecule has 0 aliphatic heterocycles. The number of hydrogen-bond acceptors (Lipinski definition) is 2. The van der Waals surface area contributed by atoms with E-state index in [-0.39, 0.29) is 0 Å². The van der Waals surface area contributed by atoms with Gasteiger partial charge in [-0.15, -0.1) is 0 Å². The molecule has 0 amide bonds. The zero-order valence-electron chi connectivity index (χ0n) is 11.3. The van der Waals surface area contributed by atoms with Gasteiger partial charge in [-0.25, -0.2) is 0 Å². The molecule has 4 heteroatoms. The molecule has 102 valence electrons. The number of nitrogens with zero attached hydrogens (tertiary/aromatic N) is 2. The van der Waals surface area contributed by atoms with Crippen molar-refractivity contribution < 1.29 is 0 Å². The van der Waals surface area contributed by atoms with Crippen molar-refractivity contribution in [3.05, 3.63) is 58.6 Å². The van der Waals surface area contributed by atoms with Gasteiger partial charge >= 0.3 is 0 Å². The summed E-state index contributed by atoms with van der Waals surface area (Å²) in [6.45, 7) is 3.84. The van der Waals surface area contributed by atoms with Crippen molar-refractivity contribution >= 4 is 46.0 Å². The highest BCUT2D eigenvalue weighted by Gasteiger charge is 2.00. The van der Waals surface area contributed by atoms with Crippen molar-refractivity contribution in [1.29, 1.82) is 0 Å². The van der Waals surface area contributed by atoms with Crippen molar-refractivity contribution in [2.45, 2.75) is 13.8 Å². The van der Waals surface area contributed by atoms with Crippen LogP contribution in [0.5, 0.6) is 0 Å². The Balaban J connectivity index is 2.26. The molecule has 2 nitrogen and oxygen atoms in total. The molecule has 0 heterocycles. The fourth-order valence-electron chi connectivity index (χ4n) is 1.64. The van der Waals surface area contributed by atoms with Gasteiger partial charge in [0.25, 0.3) is 0 Å². The van der Waals surface area contributed by atoms with E-state index in [1.54, 1.807) is 0 Å². The van der Waals surface area contributed by atoms with Crippen LogP contribution in [-0.4, -0.2) is 11.4 Å². The van der Waals surface area contributed by atoms with Crippen molar-refractivity contribution in [3.63, 3.8) is 0 Å². The van der Waals surface area contributed by atoms with Crippen LogP contribution in [0.25, 0.3) is 0 Å². The van der Waals surface area contributed by atoms with E-state index >= 15 is 0 Å². The molecule has 20 heavy (non-hydrogen) atoms. The van der Waals surface area contributed by atoms with Gasteiger partial charge < -0.3 is 0 Å². The van der Waals surface area contributed by atoms with E-state index in [0.29, 0.717) is 10.0 Å². The molecular formula is C16H14Cl2N2. The molecule has 2 aromatic carbocycles. The van der Waals surface area contributed by atoms with Gasteiger partial charge in [-0.1, -0.05) is 35.3 Å². The third-order valence-electron chi connectivity index (χ3n) is 2.73. The van der Waals surface area contributed by atoms with Crippen molar-refractivity contribution in [2.24, 2.45) is 9.98 Å². The number of rotatable bonds is 3. The van der Waals surface area contributed by atoms with Crippen LogP contribution >= 0.6 is 23.2 Å². The predicted molar refractivity (Wildman–Crippen MR) is 88.4 cm³/mol. The van der Waals surface area contributed by atoms with Crippen LogP contribution in [0.1, 0.15) is 13.8 Å². The van der Waals surface area contributed by atoms with Crippen LogP contribution in [0.4, 0.5) is 11.4 Å². The molecule has 0 aromatic heterocycles. The number of halogens is 2. The Hall–Kier alpha value is -1.64. The third-order valence-corrected chi connectivity index (χ3v) is 3.20. The summed E-state index contributed by atoms with van der Waals surface area (Å²) in [4.78, 5) is 9.01. The summed E-state index contributed by atoms with van der Waals surface area (Å²) in [5.41, 5.74) is 3.31. The van der Waals surface area contributed by atoms with E-state index in [1.165, 1.54) is 0 Å². The molecule has 0 saturated heterocycles. The highest BCUT2D eigenvalue weighted by atomic mass is 35.5. The maximum Gasteiger partial charge on any atom is 0.0648 e. The summed E-state index contributed by atoms with van der Waals surface area (Å²) < 4.78 is 0. The van der Waals surface area contributed by atoms with E-state index in [0.717, 1.165) is 22.8 Å². The molecule has 0 aliphatic carbocycles. The minimum atomic E-state index is 0.670. The Kier molecular flexibility index (Phi) is 4.94. The molecule has 0 aliphatic rings. The van der Waals surface area contributed by atoms with E-state index < -0.39 is 0 Å². The van der Waals surface area contributed by atoms with Crippen LogP contribution < -0.4 is 0 Å². The summed E-state index contributed by atoms with van der Waals surface area (Å²) in [5.74, 6) is 0. The monoisotopic (exact) mass is 304 g/mol. The van der Waals surface area contributed by atoms with Gasteiger partial charge in [0, 0.05) is 10.0 Å². The predicted octanol–water partition coefficient (Wildman–Crippen LogP) is 5.88. The van der Waals surface area contributed by atoms with Gasteiger partial charge in [0.2, 0.25) is 0 Å². The van der Waals surface area contributed by atoms with E-state index in [2.05, 4.69) is 9.98 Å². The van der Waals surface area contributed by atoms with Crippen molar-refractivity contribution in [1.82, 2.24) is 0 Å². The molecule has 0 fully saturated rings. The molecule has 0 unspecified atom stereocenters. The summed E-state index contributed by atoms with van der Waals surface area (Å²) >= 11 is 11.9. The lowest BCUT2D eigenvalue weighted by Gasteiger charge is -2.02. The highest BCUT2D eigenvalue weighted by Crippen LogP contribution is 2.20. The highest BCUT2D eigenvalue weighted by molar-refractivity contribution is 6.41. The van der Waals surface area contributed by atoms with Crippen LogP contribution in [0.3, 0.4) is 0 Å². The summed E-state index contributed by atoms with van der Waals surface area (Å²) in [5, 5.41) is 1.34. The van der Waals surface area contributed by atoms with Gasteiger partial charge in [-0.05, 0) is 50.2 Å². The first kappa shape index (κ1) is 14.8. The van der Waals surface area contributed by atoms with E-state index in [4.69, 9.17) is 23.2 Å². The van der Waals surface area contributed by atoms with Crippen molar-refractivity contribution in [2.75, 3.05) is 0 Å². The Labute approximate surface area is 128 Å². The molecule has 0 radical (unpaired) electrons. The van der Waals surface area contributed by atoms with Gasteiger partial charge in [-0.3, -0.25) is 9.98 Å². The van der Waals surface area contributed by atoms with Crippen LogP contribution in [0.15, 0.2) is 58.5 Å². The molecule has 0 atom stereocenters. The number of hydrogen-bond donors (Lipinski definition) is 0. The van der Waals surface area contributed by atoms with Crippen LogP contribution in [0, 0.1) is 0 Å². The summed E-state index contributed by atoms with van der Waals surface area (Å²) in [6, 6.07) is 14.8. The second-order valence-electron chi connectivity index (χ2n) is 4.35. The number of benzene rings is 2. The van der Waals surface area contributed by atoms with Gasteiger partial charge in [0.05, 0.1) is 22.8 Å². The topological polar surface area (TPSA) is 24.7 Å². The van der Waals surface area contributed by atoms with E-state index in [9.17, 15) is 0 Å². The minimum absolute atomic E-state index is 0.670. The normalized spacial score (nSPS) is 12.6. The first-order valence-electron chi connectivity index (χ1n) is 6.17. The SMILES string of the molecule is CC(=Nc1cccc(Cl)c1)C(C)=Nc1cccc(Cl)c1. The lowest BCUT2D eigenvalue weighted by Crippen LogP contribution is -2.04. The molecular weight excluding hydrogens is 291 g/mol. The fourth-order valence-corrected chi connectivity index (χ4v) is 2.01. The van der Waals surface area contributed by atoms with Crippen LogP contribution in [0.2, 0.25) is 10.0 Å². The minimum Gasteiger partial charge on any atom is -0.252 e. The second-order valence-corrected chi connectivity index (χ2v) is 5.23. The Morgan fingerprint density at radius 3 is 1.50 bits per heavy atom.